The number of nitrogens with two attached hydrogens (primary N) is 1. The molecular weight excluding hydrogens is 176 g/mol. The van der Waals surface area contributed by atoms with Gasteiger partial charge < -0.3 is 16.0 Å². The zero-order valence-corrected chi connectivity index (χ0v) is 9.88. The highest BCUT2D eigenvalue weighted by Crippen LogP contribution is 1.86. The van der Waals surface area contributed by atoms with Gasteiger partial charge in [-0.05, 0) is 26.9 Å². The highest BCUT2D eigenvalue weighted by molar-refractivity contribution is 5.78. The Balaban J connectivity index is 3.68. The first kappa shape index (κ1) is 13.2. The van der Waals surface area contributed by atoms with Crippen molar-refractivity contribution in [1.82, 2.24) is 10.2 Å². The summed E-state index contributed by atoms with van der Waals surface area (Å²) in [7, 11) is 0. The van der Waals surface area contributed by atoms with Crippen LogP contribution >= 0.6 is 0 Å². The molecule has 0 fully saturated rings. The summed E-state index contributed by atoms with van der Waals surface area (Å²) in [5.74, 6) is 0.548. The minimum absolute atomic E-state index is 0.354. The topological polar surface area (TPSA) is 53.6 Å². The predicted octanol–water partition coefficient (Wildman–Crippen LogP) is 0.641. The number of hydrogen-bond donors (Lipinski definition) is 2. The lowest BCUT2D eigenvalue weighted by molar-refractivity contribution is 0.313. The summed E-state index contributed by atoms with van der Waals surface area (Å²) >= 11 is 0. The third kappa shape index (κ3) is 6.71. The molecule has 0 saturated heterocycles. The Hall–Kier alpha value is -0.770. The van der Waals surface area contributed by atoms with Crippen molar-refractivity contribution in [2.45, 2.75) is 33.7 Å². The highest BCUT2D eigenvalue weighted by Gasteiger charge is 1.98. The van der Waals surface area contributed by atoms with Gasteiger partial charge in [0.1, 0.15) is 0 Å². The minimum atomic E-state index is 0.354. The van der Waals surface area contributed by atoms with Crippen molar-refractivity contribution in [3.63, 3.8) is 0 Å². The van der Waals surface area contributed by atoms with Crippen LogP contribution in [0.5, 0.6) is 0 Å². The van der Waals surface area contributed by atoms with Gasteiger partial charge in [0, 0.05) is 12.6 Å². The summed E-state index contributed by atoms with van der Waals surface area (Å²) in [4.78, 5) is 6.57. The van der Waals surface area contributed by atoms with Crippen molar-refractivity contribution >= 4 is 5.96 Å². The smallest absolute Gasteiger partial charge is 0.188 e. The van der Waals surface area contributed by atoms with E-state index >= 15 is 0 Å². The molecule has 0 radical (unpaired) electrons. The third-order valence-electron chi connectivity index (χ3n) is 2.03. The van der Waals surface area contributed by atoms with E-state index in [4.69, 9.17) is 5.73 Å². The quantitative estimate of drug-likeness (QED) is 0.489. The zero-order valence-electron chi connectivity index (χ0n) is 9.88. The lowest BCUT2D eigenvalue weighted by Crippen LogP contribution is -2.37. The van der Waals surface area contributed by atoms with E-state index in [1.54, 1.807) is 0 Å². The van der Waals surface area contributed by atoms with Crippen molar-refractivity contribution in [2.75, 3.05) is 26.2 Å². The van der Waals surface area contributed by atoms with Crippen molar-refractivity contribution in [3.8, 4) is 0 Å². The molecule has 14 heavy (non-hydrogen) atoms. The SMILES string of the molecule is CCN(CC)CCN=C(N)NC(C)C. The van der Waals surface area contributed by atoms with Gasteiger partial charge in [0.2, 0.25) is 0 Å². The fraction of sp³-hybridized carbons (Fsp3) is 0.900. The molecule has 0 aromatic heterocycles. The lowest BCUT2D eigenvalue weighted by atomic mass is 10.4. The van der Waals surface area contributed by atoms with Crippen molar-refractivity contribution < 1.29 is 0 Å². The van der Waals surface area contributed by atoms with E-state index < -0.39 is 0 Å². The monoisotopic (exact) mass is 200 g/mol. The largest absolute Gasteiger partial charge is 0.370 e. The van der Waals surface area contributed by atoms with Crippen LogP contribution in [0, 0.1) is 0 Å². The molecule has 0 aliphatic rings. The Bertz CT molecular complexity index is 162. The zero-order chi connectivity index (χ0) is 11.0. The third-order valence-corrected chi connectivity index (χ3v) is 2.03. The minimum Gasteiger partial charge on any atom is -0.370 e. The van der Waals surface area contributed by atoms with Gasteiger partial charge in [-0.25, -0.2) is 0 Å². The molecule has 4 heteroatoms. The second kappa shape index (κ2) is 7.62. The Kier molecular flexibility index (Phi) is 7.20. The van der Waals surface area contributed by atoms with Crippen LogP contribution in [0.2, 0.25) is 0 Å². The van der Waals surface area contributed by atoms with Gasteiger partial charge in [0.15, 0.2) is 5.96 Å². The summed E-state index contributed by atoms with van der Waals surface area (Å²) in [6.07, 6.45) is 0. The number of nitrogens with one attached hydrogen (secondary N) is 1. The van der Waals surface area contributed by atoms with E-state index in [0.717, 1.165) is 26.2 Å². The van der Waals surface area contributed by atoms with Gasteiger partial charge >= 0.3 is 0 Å². The molecule has 0 rings (SSSR count). The fourth-order valence-corrected chi connectivity index (χ4v) is 1.19. The number of rotatable bonds is 6. The first-order valence-electron chi connectivity index (χ1n) is 5.38. The standard InChI is InChI=1S/C10H24N4/c1-5-14(6-2)8-7-12-10(11)13-9(3)4/h9H,5-8H2,1-4H3,(H3,11,12,13). The number of guanidine groups is 1. The van der Waals surface area contributed by atoms with Crippen LogP contribution < -0.4 is 11.1 Å². The Morgan fingerprint density at radius 3 is 2.36 bits per heavy atom. The molecule has 3 N–H and O–H groups in total. The van der Waals surface area contributed by atoms with Gasteiger partial charge in [0.25, 0.3) is 0 Å². The van der Waals surface area contributed by atoms with Gasteiger partial charge in [-0.3, -0.25) is 4.99 Å². The molecule has 0 heterocycles. The van der Waals surface area contributed by atoms with Crippen molar-refractivity contribution in [1.29, 1.82) is 0 Å². The van der Waals surface area contributed by atoms with Crippen LogP contribution in [0.4, 0.5) is 0 Å². The molecule has 0 amide bonds. The Morgan fingerprint density at radius 2 is 1.93 bits per heavy atom. The van der Waals surface area contributed by atoms with Crippen LogP contribution in [0.1, 0.15) is 27.7 Å². The number of hydrogen-bond acceptors (Lipinski definition) is 2. The maximum Gasteiger partial charge on any atom is 0.188 e. The van der Waals surface area contributed by atoms with E-state index in [-0.39, 0.29) is 0 Å². The first-order valence-corrected chi connectivity index (χ1v) is 5.38. The lowest BCUT2D eigenvalue weighted by Gasteiger charge is -2.16. The van der Waals surface area contributed by atoms with E-state index in [9.17, 15) is 0 Å². The predicted molar refractivity (Wildman–Crippen MR) is 62.5 cm³/mol. The fourth-order valence-electron chi connectivity index (χ4n) is 1.19. The molecule has 0 unspecified atom stereocenters. The molecule has 0 aromatic rings. The van der Waals surface area contributed by atoms with E-state index in [1.807, 2.05) is 13.8 Å². The molecule has 84 valence electrons. The van der Waals surface area contributed by atoms with Crippen LogP contribution in [-0.2, 0) is 0 Å². The average molecular weight is 200 g/mol. The Labute approximate surface area is 87.6 Å². The molecule has 0 aromatic carbocycles. The molecule has 0 bridgehead atoms. The number of aliphatic imine (C=N–C) groups is 1. The normalized spacial score (nSPS) is 12.6. The van der Waals surface area contributed by atoms with E-state index in [0.29, 0.717) is 12.0 Å². The molecule has 0 aliphatic carbocycles. The van der Waals surface area contributed by atoms with Crippen molar-refractivity contribution in [2.24, 2.45) is 10.7 Å². The molecule has 0 spiro atoms. The molecule has 0 aliphatic heterocycles. The summed E-state index contributed by atoms with van der Waals surface area (Å²) in [6, 6.07) is 0.354. The van der Waals surface area contributed by atoms with Crippen LogP contribution in [-0.4, -0.2) is 43.1 Å². The van der Waals surface area contributed by atoms with Crippen molar-refractivity contribution in [3.05, 3.63) is 0 Å². The average Bonchev–Trinajstić information content (AvgIpc) is 2.11. The maximum atomic E-state index is 5.66. The maximum absolute atomic E-state index is 5.66. The Morgan fingerprint density at radius 1 is 1.36 bits per heavy atom. The van der Waals surface area contributed by atoms with Crippen LogP contribution in [0.25, 0.3) is 0 Å². The molecular formula is C10H24N4. The second-order valence-corrected chi connectivity index (χ2v) is 3.59. The van der Waals surface area contributed by atoms with Crippen LogP contribution in [0.3, 0.4) is 0 Å². The van der Waals surface area contributed by atoms with Gasteiger partial charge in [-0.15, -0.1) is 0 Å². The first-order chi connectivity index (χ1) is 6.60. The highest BCUT2D eigenvalue weighted by atomic mass is 15.1. The summed E-state index contributed by atoms with van der Waals surface area (Å²) in [5.41, 5.74) is 5.66. The number of likely N-dealkylation sites (N-methyl/N-ethyl adjacent to an activating group) is 1. The van der Waals surface area contributed by atoms with Gasteiger partial charge in [-0.1, -0.05) is 13.8 Å². The summed E-state index contributed by atoms with van der Waals surface area (Å²) in [6.45, 7) is 12.3. The van der Waals surface area contributed by atoms with E-state index in [2.05, 4.69) is 29.1 Å². The van der Waals surface area contributed by atoms with Crippen LogP contribution in [0.15, 0.2) is 4.99 Å². The van der Waals surface area contributed by atoms with E-state index in [1.165, 1.54) is 0 Å². The summed E-state index contributed by atoms with van der Waals surface area (Å²) < 4.78 is 0. The molecule has 4 nitrogen and oxygen atoms in total. The van der Waals surface area contributed by atoms with Gasteiger partial charge in [-0.2, -0.15) is 0 Å². The second-order valence-electron chi connectivity index (χ2n) is 3.59. The molecule has 0 saturated carbocycles. The summed E-state index contributed by atoms with van der Waals surface area (Å²) in [5, 5.41) is 3.06. The van der Waals surface area contributed by atoms with Gasteiger partial charge in [0.05, 0.1) is 6.54 Å². The number of nitrogens with zero attached hydrogens (tertiary/aromatic N) is 2. The molecule has 0 atom stereocenters.